The number of nitrogens with zero attached hydrogens (tertiary/aromatic N) is 1. The minimum Gasteiger partial charge on any atom is -0.464 e. The van der Waals surface area contributed by atoms with Gasteiger partial charge in [0.2, 0.25) is 0 Å². The Morgan fingerprint density at radius 2 is 1.94 bits per heavy atom. The predicted octanol–water partition coefficient (Wildman–Crippen LogP) is 3.48. The number of rotatable bonds is 7. The van der Waals surface area contributed by atoms with E-state index in [-0.39, 0.29) is 5.97 Å². The van der Waals surface area contributed by atoms with Crippen LogP contribution in [-0.4, -0.2) is 25.3 Å². The third kappa shape index (κ3) is 12.4. The van der Waals surface area contributed by atoms with Gasteiger partial charge in [-0.3, -0.25) is 9.79 Å². The van der Waals surface area contributed by atoms with E-state index in [4.69, 9.17) is 4.74 Å². The lowest BCUT2D eigenvalue weighted by Gasteiger charge is -1.96. The number of hydrogen-bond acceptors (Lipinski definition) is 3. The minimum atomic E-state index is -0.259. The van der Waals surface area contributed by atoms with Crippen molar-refractivity contribution in [1.29, 1.82) is 0 Å². The first-order valence-electron chi connectivity index (χ1n) is 6.12. The highest BCUT2D eigenvalue weighted by molar-refractivity contribution is 5.65. The zero-order chi connectivity index (χ0) is 13.8. The van der Waals surface area contributed by atoms with Crippen LogP contribution in [0.3, 0.4) is 0 Å². The van der Waals surface area contributed by atoms with Crippen LogP contribution in [0.5, 0.6) is 0 Å². The molecule has 100 valence electrons. The summed E-state index contributed by atoms with van der Waals surface area (Å²) in [6.45, 7) is 8.48. The van der Waals surface area contributed by atoms with Crippen molar-refractivity contribution in [2.45, 2.75) is 34.1 Å². The molecule has 0 spiro atoms. The molecule has 0 heterocycles. The SMILES string of the molecule is CC(=O)OCCN=CC/C=C(C)/C=C/C=C(C)C. The summed E-state index contributed by atoms with van der Waals surface area (Å²) in [6, 6.07) is 0. The number of carbonyl (C=O) groups excluding carboxylic acids is 1. The predicted molar refractivity (Wildman–Crippen MR) is 76.9 cm³/mol. The highest BCUT2D eigenvalue weighted by Crippen LogP contribution is 1.98. The molecule has 0 fully saturated rings. The monoisotopic (exact) mass is 249 g/mol. The second kappa shape index (κ2) is 10.5. The molecule has 0 aliphatic rings. The van der Waals surface area contributed by atoms with E-state index in [2.05, 4.69) is 44.0 Å². The van der Waals surface area contributed by atoms with Crippen LogP contribution in [0.2, 0.25) is 0 Å². The molecule has 0 saturated carbocycles. The fraction of sp³-hybridized carbons (Fsp3) is 0.467. The molecule has 0 aromatic heterocycles. The average Bonchev–Trinajstić information content (AvgIpc) is 2.26. The van der Waals surface area contributed by atoms with Crippen LogP contribution in [0.15, 0.2) is 40.4 Å². The Morgan fingerprint density at radius 1 is 1.22 bits per heavy atom. The topological polar surface area (TPSA) is 38.7 Å². The van der Waals surface area contributed by atoms with Crippen molar-refractivity contribution in [2.24, 2.45) is 4.99 Å². The summed E-state index contributed by atoms with van der Waals surface area (Å²) in [5.74, 6) is -0.259. The molecule has 18 heavy (non-hydrogen) atoms. The van der Waals surface area contributed by atoms with Crippen LogP contribution in [-0.2, 0) is 9.53 Å². The minimum absolute atomic E-state index is 0.259. The molecule has 0 amide bonds. The molecule has 3 nitrogen and oxygen atoms in total. The third-order valence-electron chi connectivity index (χ3n) is 1.99. The molecule has 0 atom stereocenters. The maximum atomic E-state index is 10.5. The number of hydrogen-bond donors (Lipinski definition) is 0. The third-order valence-corrected chi connectivity index (χ3v) is 1.99. The Hall–Kier alpha value is -1.64. The maximum absolute atomic E-state index is 10.5. The molecule has 0 aromatic carbocycles. The summed E-state index contributed by atoms with van der Waals surface area (Å²) in [5.41, 5.74) is 2.49. The van der Waals surface area contributed by atoms with Gasteiger partial charge < -0.3 is 4.74 Å². The normalized spacial score (nSPS) is 12.1. The Balaban J connectivity index is 3.80. The number of ether oxygens (including phenoxy) is 1. The fourth-order valence-corrected chi connectivity index (χ4v) is 1.11. The van der Waals surface area contributed by atoms with Gasteiger partial charge in [-0.15, -0.1) is 0 Å². The molecule has 3 heteroatoms. The van der Waals surface area contributed by atoms with E-state index in [0.29, 0.717) is 13.2 Å². The Bertz CT molecular complexity index is 359. The molecule has 0 N–H and O–H groups in total. The smallest absolute Gasteiger partial charge is 0.302 e. The van der Waals surface area contributed by atoms with E-state index >= 15 is 0 Å². The van der Waals surface area contributed by atoms with Crippen LogP contribution in [0, 0.1) is 0 Å². The standard InChI is InChI=1S/C15H23NO2/c1-13(2)7-5-8-14(3)9-6-10-16-11-12-18-15(4)17/h5,7-10H,6,11-12H2,1-4H3/b8-5+,14-9+,16-10?. The van der Waals surface area contributed by atoms with Crippen molar-refractivity contribution in [2.75, 3.05) is 13.2 Å². The summed E-state index contributed by atoms with van der Waals surface area (Å²) < 4.78 is 4.76. The molecule has 0 saturated heterocycles. The summed E-state index contributed by atoms with van der Waals surface area (Å²) in [5, 5.41) is 0. The molecular weight excluding hydrogens is 226 g/mol. The average molecular weight is 249 g/mol. The summed E-state index contributed by atoms with van der Waals surface area (Å²) >= 11 is 0. The van der Waals surface area contributed by atoms with Crippen LogP contribution < -0.4 is 0 Å². The van der Waals surface area contributed by atoms with E-state index in [1.54, 1.807) is 0 Å². The molecule has 0 rings (SSSR count). The van der Waals surface area contributed by atoms with Crippen molar-refractivity contribution in [3.05, 3.63) is 35.5 Å². The highest BCUT2D eigenvalue weighted by Gasteiger charge is 1.88. The number of allylic oxidation sites excluding steroid dienone is 6. The van der Waals surface area contributed by atoms with Gasteiger partial charge in [0.25, 0.3) is 0 Å². The van der Waals surface area contributed by atoms with Gasteiger partial charge in [-0.25, -0.2) is 0 Å². The molecule has 0 radical (unpaired) electrons. The van der Waals surface area contributed by atoms with Crippen molar-refractivity contribution < 1.29 is 9.53 Å². The molecule has 0 aromatic rings. The van der Waals surface area contributed by atoms with Crippen molar-refractivity contribution in [1.82, 2.24) is 0 Å². The first kappa shape index (κ1) is 16.4. The molecule has 0 aliphatic carbocycles. The van der Waals surface area contributed by atoms with Gasteiger partial charge in [-0.2, -0.15) is 0 Å². The summed E-state index contributed by atoms with van der Waals surface area (Å²) in [6.07, 6.45) is 10.9. The van der Waals surface area contributed by atoms with Crippen LogP contribution in [0.1, 0.15) is 34.1 Å². The van der Waals surface area contributed by atoms with Gasteiger partial charge in [0.05, 0.1) is 6.54 Å². The number of aliphatic imine (C=N–C) groups is 1. The number of carbonyl (C=O) groups is 1. The summed E-state index contributed by atoms with van der Waals surface area (Å²) in [4.78, 5) is 14.6. The Morgan fingerprint density at radius 3 is 2.56 bits per heavy atom. The highest BCUT2D eigenvalue weighted by atomic mass is 16.5. The van der Waals surface area contributed by atoms with Gasteiger partial charge in [0.1, 0.15) is 6.61 Å². The lowest BCUT2D eigenvalue weighted by atomic mass is 10.2. The maximum Gasteiger partial charge on any atom is 0.302 e. The van der Waals surface area contributed by atoms with Crippen LogP contribution in [0.4, 0.5) is 0 Å². The number of esters is 1. The second-order valence-electron chi connectivity index (χ2n) is 4.22. The van der Waals surface area contributed by atoms with Crippen molar-refractivity contribution in [3.8, 4) is 0 Å². The zero-order valence-electron chi connectivity index (χ0n) is 11.8. The first-order chi connectivity index (χ1) is 8.52. The van der Waals surface area contributed by atoms with E-state index < -0.39 is 0 Å². The quantitative estimate of drug-likeness (QED) is 0.300. The molecular formula is C15H23NO2. The molecule has 0 bridgehead atoms. The summed E-state index contributed by atoms with van der Waals surface area (Å²) in [7, 11) is 0. The lowest BCUT2D eigenvalue weighted by Crippen LogP contribution is -2.02. The van der Waals surface area contributed by atoms with E-state index in [0.717, 1.165) is 6.42 Å². The van der Waals surface area contributed by atoms with Crippen molar-refractivity contribution >= 4 is 12.2 Å². The first-order valence-corrected chi connectivity index (χ1v) is 6.12. The van der Waals surface area contributed by atoms with E-state index in [9.17, 15) is 4.79 Å². The Labute approximate surface area is 110 Å². The van der Waals surface area contributed by atoms with Crippen LogP contribution in [0.25, 0.3) is 0 Å². The van der Waals surface area contributed by atoms with Gasteiger partial charge in [0, 0.05) is 19.6 Å². The largest absolute Gasteiger partial charge is 0.464 e. The lowest BCUT2D eigenvalue weighted by molar-refractivity contribution is -0.140. The molecule has 0 aliphatic heterocycles. The van der Waals surface area contributed by atoms with E-state index in [1.807, 2.05) is 12.3 Å². The van der Waals surface area contributed by atoms with Gasteiger partial charge >= 0.3 is 5.97 Å². The van der Waals surface area contributed by atoms with Crippen LogP contribution >= 0.6 is 0 Å². The van der Waals surface area contributed by atoms with Gasteiger partial charge in [-0.05, 0) is 20.8 Å². The van der Waals surface area contributed by atoms with Gasteiger partial charge in [-0.1, -0.05) is 35.5 Å². The van der Waals surface area contributed by atoms with E-state index in [1.165, 1.54) is 18.1 Å². The second-order valence-corrected chi connectivity index (χ2v) is 4.22. The van der Waals surface area contributed by atoms with Gasteiger partial charge in [0.15, 0.2) is 0 Å². The molecule has 0 unspecified atom stereocenters. The zero-order valence-corrected chi connectivity index (χ0v) is 11.8. The fourth-order valence-electron chi connectivity index (χ4n) is 1.11. The van der Waals surface area contributed by atoms with Crippen molar-refractivity contribution in [3.63, 3.8) is 0 Å². The Kier molecular flexibility index (Phi) is 9.55.